The Bertz CT molecular complexity index is 719. The number of carboxylic acids is 1. The minimum atomic E-state index is -3.88. The Balaban J connectivity index is 2.03. The van der Waals surface area contributed by atoms with Crippen LogP contribution >= 0.6 is 0 Å². The molecule has 0 spiro atoms. The number of aromatic carboxylic acids is 1. The van der Waals surface area contributed by atoms with E-state index in [0.29, 0.717) is 25.9 Å². The van der Waals surface area contributed by atoms with Crippen LogP contribution in [0.1, 0.15) is 43.7 Å². The highest BCUT2D eigenvalue weighted by atomic mass is 32.2. The summed E-state index contributed by atoms with van der Waals surface area (Å²) in [7, 11) is -3.88. The molecule has 2 rings (SSSR count). The standard InChI is InChI=1S/C16H24N2O6S/c1-3-9-17(4-2)15(19)12-7-10-18(11-8-12)25(22,23)14-6-5-13(24-14)16(20)21/h5-6,12H,3-4,7-11H2,1-2H3,(H,20,21). The highest BCUT2D eigenvalue weighted by molar-refractivity contribution is 7.89. The van der Waals surface area contributed by atoms with Crippen molar-refractivity contribution in [2.75, 3.05) is 26.2 Å². The molecule has 9 heteroatoms. The predicted molar refractivity (Wildman–Crippen MR) is 89.7 cm³/mol. The Kier molecular flexibility index (Phi) is 6.23. The van der Waals surface area contributed by atoms with Crippen molar-refractivity contribution in [3.8, 4) is 0 Å². The Labute approximate surface area is 147 Å². The van der Waals surface area contributed by atoms with E-state index in [1.807, 2.05) is 13.8 Å². The third kappa shape index (κ3) is 4.21. The second-order valence-corrected chi connectivity index (χ2v) is 7.89. The van der Waals surface area contributed by atoms with E-state index in [1.54, 1.807) is 4.90 Å². The molecule has 1 amide bonds. The molecule has 0 atom stereocenters. The van der Waals surface area contributed by atoms with Crippen LogP contribution in [0.25, 0.3) is 0 Å². The third-order valence-corrected chi connectivity index (χ3v) is 6.15. The fraction of sp³-hybridized carbons (Fsp3) is 0.625. The number of rotatable bonds is 7. The lowest BCUT2D eigenvalue weighted by Gasteiger charge is -2.32. The van der Waals surface area contributed by atoms with Gasteiger partial charge in [0.15, 0.2) is 0 Å². The molecular formula is C16H24N2O6S. The normalized spacial score (nSPS) is 16.7. The molecular weight excluding hydrogens is 348 g/mol. The van der Waals surface area contributed by atoms with Crippen LogP contribution in [-0.2, 0) is 14.8 Å². The number of carboxylic acid groups (broad SMARTS) is 1. The van der Waals surface area contributed by atoms with Gasteiger partial charge in [0.1, 0.15) is 0 Å². The molecule has 8 nitrogen and oxygen atoms in total. The summed E-state index contributed by atoms with van der Waals surface area (Å²) in [6.45, 7) is 5.73. The number of sulfonamides is 1. The number of nitrogens with zero attached hydrogens (tertiary/aromatic N) is 2. The molecule has 0 aliphatic carbocycles. The quantitative estimate of drug-likeness (QED) is 0.779. The molecule has 1 aliphatic rings. The van der Waals surface area contributed by atoms with E-state index < -0.39 is 21.8 Å². The first-order chi connectivity index (χ1) is 11.8. The summed E-state index contributed by atoms with van der Waals surface area (Å²) in [4.78, 5) is 25.1. The number of hydrogen-bond acceptors (Lipinski definition) is 5. The first-order valence-electron chi connectivity index (χ1n) is 8.43. The van der Waals surface area contributed by atoms with Gasteiger partial charge in [0, 0.05) is 32.1 Å². The monoisotopic (exact) mass is 372 g/mol. The highest BCUT2D eigenvalue weighted by Crippen LogP contribution is 2.26. The van der Waals surface area contributed by atoms with E-state index in [4.69, 9.17) is 9.52 Å². The van der Waals surface area contributed by atoms with Crippen molar-refractivity contribution in [1.29, 1.82) is 0 Å². The topological polar surface area (TPSA) is 108 Å². The van der Waals surface area contributed by atoms with E-state index >= 15 is 0 Å². The van der Waals surface area contributed by atoms with E-state index in [0.717, 1.165) is 18.6 Å². The smallest absolute Gasteiger partial charge is 0.371 e. The van der Waals surface area contributed by atoms with Crippen molar-refractivity contribution < 1.29 is 27.5 Å². The van der Waals surface area contributed by atoms with Gasteiger partial charge in [-0.15, -0.1) is 0 Å². The summed E-state index contributed by atoms with van der Waals surface area (Å²) < 4.78 is 31.2. The van der Waals surface area contributed by atoms with E-state index in [1.165, 1.54) is 4.31 Å². The first-order valence-corrected chi connectivity index (χ1v) is 9.87. The maximum absolute atomic E-state index is 12.5. The Morgan fingerprint density at radius 1 is 1.28 bits per heavy atom. The van der Waals surface area contributed by atoms with Crippen molar-refractivity contribution in [3.63, 3.8) is 0 Å². The van der Waals surface area contributed by atoms with Crippen LogP contribution in [0.4, 0.5) is 0 Å². The van der Waals surface area contributed by atoms with Crippen molar-refractivity contribution in [2.24, 2.45) is 5.92 Å². The molecule has 1 aliphatic heterocycles. The molecule has 0 unspecified atom stereocenters. The van der Waals surface area contributed by atoms with Crippen LogP contribution in [0.5, 0.6) is 0 Å². The summed E-state index contributed by atoms with van der Waals surface area (Å²) in [5.74, 6) is -1.83. The van der Waals surface area contributed by atoms with Gasteiger partial charge in [-0.2, -0.15) is 4.31 Å². The molecule has 1 saturated heterocycles. The molecule has 0 aromatic carbocycles. The van der Waals surface area contributed by atoms with Crippen LogP contribution in [0.2, 0.25) is 0 Å². The third-order valence-electron chi connectivity index (χ3n) is 4.38. The van der Waals surface area contributed by atoms with Crippen molar-refractivity contribution in [2.45, 2.75) is 38.2 Å². The van der Waals surface area contributed by atoms with Gasteiger partial charge in [-0.25, -0.2) is 13.2 Å². The molecule has 1 aromatic heterocycles. The molecule has 2 heterocycles. The van der Waals surface area contributed by atoms with Gasteiger partial charge in [-0.05, 0) is 38.3 Å². The predicted octanol–water partition coefficient (Wildman–Crippen LogP) is 1.64. The molecule has 1 aromatic rings. The van der Waals surface area contributed by atoms with Crippen molar-refractivity contribution in [1.82, 2.24) is 9.21 Å². The van der Waals surface area contributed by atoms with Gasteiger partial charge in [0.05, 0.1) is 0 Å². The summed E-state index contributed by atoms with van der Waals surface area (Å²) in [5, 5.41) is 8.47. The van der Waals surface area contributed by atoms with Crippen molar-refractivity contribution >= 4 is 21.9 Å². The second-order valence-electron chi connectivity index (χ2n) is 6.02. The van der Waals surface area contributed by atoms with E-state index in [9.17, 15) is 18.0 Å². The summed E-state index contributed by atoms with van der Waals surface area (Å²) in [6, 6.07) is 2.27. The minimum Gasteiger partial charge on any atom is -0.475 e. The maximum Gasteiger partial charge on any atom is 0.371 e. The SMILES string of the molecule is CCCN(CC)C(=O)C1CCN(S(=O)(=O)c2ccc(C(=O)O)o2)CC1. The zero-order chi connectivity index (χ0) is 18.6. The molecule has 0 saturated carbocycles. The van der Waals surface area contributed by atoms with Gasteiger partial charge in [-0.1, -0.05) is 6.92 Å². The number of amides is 1. The van der Waals surface area contributed by atoms with Gasteiger partial charge in [0.2, 0.25) is 16.8 Å². The fourth-order valence-corrected chi connectivity index (χ4v) is 4.38. The Hall–Kier alpha value is -1.87. The fourth-order valence-electron chi connectivity index (χ4n) is 3.00. The molecule has 1 fully saturated rings. The van der Waals surface area contributed by atoms with Crippen LogP contribution in [-0.4, -0.2) is 60.8 Å². The lowest BCUT2D eigenvalue weighted by atomic mass is 9.96. The van der Waals surface area contributed by atoms with Gasteiger partial charge < -0.3 is 14.4 Å². The second kappa shape index (κ2) is 8.01. The number of piperidine rings is 1. The zero-order valence-corrected chi connectivity index (χ0v) is 15.3. The summed E-state index contributed by atoms with van der Waals surface area (Å²) >= 11 is 0. The van der Waals surface area contributed by atoms with Crippen LogP contribution in [0.3, 0.4) is 0 Å². The van der Waals surface area contributed by atoms with Gasteiger partial charge >= 0.3 is 5.97 Å². The molecule has 140 valence electrons. The number of carbonyl (C=O) groups is 2. The first kappa shape index (κ1) is 19.5. The molecule has 0 bridgehead atoms. The highest BCUT2D eigenvalue weighted by Gasteiger charge is 2.35. The Morgan fingerprint density at radius 3 is 2.40 bits per heavy atom. The average molecular weight is 372 g/mol. The zero-order valence-electron chi connectivity index (χ0n) is 14.5. The van der Waals surface area contributed by atoms with Gasteiger partial charge in [-0.3, -0.25) is 4.79 Å². The molecule has 0 radical (unpaired) electrons. The van der Waals surface area contributed by atoms with Crippen molar-refractivity contribution in [3.05, 3.63) is 17.9 Å². The average Bonchev–Trinajstić information content (AvgIpc) is 3.10. The summed E-state index contributed by atoms with van der Waals surface area (Å²) in [6.07, 6.45) is 1.78. The van der Waals surface area contributed by atoms with E-state index in [2.05, 4.69) is 0 Å². The minimum absolute atomic E-state index is 0.0764. The van der Waals surface area contributed by atoms with Crippen LogP contribution < -0.4 is 0 Å². The number of carbonyl (C=O) groups excluding carboxylic acids is 1. The largest absolute Gasteiger partial charge is 0.475 e. The van der Waals surface area contributed by atoms with E-state index in [-0.39, 0.29) is 30.0 Å². The van der Waals surface area contributed by atoms with Crippen LogP contribution in [0, 0.1) is 5.92 Å². The van der Waals surface area contributed by atoms with Gasteiger partial charge in [0.25, 0.3) is 10.0 Å². The maximum atomic E-state index is 12.5. The molecule has 25 heavy (non-hydrogen) atoms. The summed E-state index contributed by atoms with van der Waals surface area (Å²) in [5.41, 5.74) is 0. The molecule has 1 N–H and O–H groups in total. The number of hydrogen-bond donors (Lipinski definition) is 1. The van der Waals surface area contributed by atoms with Crippen LogP contribution in [0.15, 0.2) is 21.6 Å². The number of furan rings is 1. The lowest BCUT2D eigenvalue weighted by molar-refractivity contribution is -0.136. The Morgan fingerprint density at radius 2 is 1.92 bits per heavy atom. The lowest BCUT2D eigenvalue weighted by Crippen LogP contribution is -2.44.